The Morgan fingerprint density at radius 1 is 1.29 bits per heavy atom. The van der Waals surface area contributed by atoms with Crippen molar-refractivity contribution in [2.24, 2.45) is 0 Å². The van der Waals surface area contributed by atoms with Gasteiger partial charge in [0.05, 0.1) is 9.82 Å². The Morgan fingerprint density at radius 2 is 1.95 bits per heavy atom. The van der Waals surface area contributed by atoms with Crippen molar-refractivity contribution in [3.8, 4) is 0 Å². The number of rotatable bonds is 8. The number of unbranched alkanes of at least 4 members (excludes halogenated alkanes) is 3. The number of nitrogens with one attached hydrogen (secondary N) is 1. The van der Waals surface area contributed by atoms with Crippen LogP contribution in [0.25, 0.3) is 0 Å². The third kappa shape index (κ3) is 4.94. The second-order valence-electron chi connectivity index (χ2n) is 4.78. The lowest BCUT2D eigenvalue weighted by Gasteiger charge is -2.10. The van der Waals surface area contributed by atoms with Crippen molar-refractivity contribution in [1.29, 1.82) is 0 Å². The molecule has 0 heterocycles. The molecule has 118 valence electrons. The van der Waals surface area contributed by atoms with Gasteiger partial charge in [0.2, 0.25) is 10.0 Å². The van der Waals surface area contributed by atoms with E-state index in [1.807, 2.05) is 0 Å². The van der Waals surface area contributed by atoms with E-state index in [1.54, 1.807) is 6.92 Å². The molecule has 1 aromatic rings. The fourth-order valence-electron chi connectivity index (χ4n) is 1.91. The molecule has 21 heavy (non-hydrogen) atoms. The standard InChI is InChI=1S/C13H19ClN2O4S/c1-3-4-5-6-7-15-21(19,20)13-9-12(16(17)18)11(14)8-10(13)2/h8-9,15H,3-7H2,1-2H3. The van der Waals surface area contributed by atoms with Crippen molar-refractivity contribution >= 4 is 27.3 Å². The van der Waals surface area contributed by atoms with Gasteiger partial charge in [-0.25, -0.2) is 13.1 Å². The van der Waals surface area contributed by atoms with E-state index in [2.05, 4.69) is 11.6 Å². The quantitative estimate of drug-likeness (QED) is 0.448. The minimum absolute atomic E-state index is 0.0700. The van der Waals surface area contributed by atoms with E-state index in [9.17, 15) is 18.5 Å². The molecule has 6 nitrogen and oxygen atoms in total. The Hall–Kier alpha value is -1.18. The molecule has 0 spiro atoms. The smallest absolute Gasteiger partial charge is 0.258 e. The summed E-state index contributed by atoms with van der Waals surface area (Å²) in [5.74, 6) is 0. The minimum atomic E-state index is -3.76. The Balaban J connectivity index is 2.92. The van der Waals surface area contributed by atoms with E-state index in [4.69, 9.17) is 11.6 Å². The van der Waals surface area contributed by atoms with Gasteiger partial charge in [-0.1, -0.05) is 37.8 Å². The molecule has 0 atom stereocenters. The van der Waals surface area contributed by atoms with Crippen LogP contribution in [0.3, 0.4) is 0 Å². The maximum absolute atomic E-state index is 12.2. The summed E-state index contributed by atoms with van der Waals surface area (Å²) in [5.41, 5.74) is -0.0275. The van der Waals surface area contributed by atoms with Crippen LogP contribution < -0.4 is 4.72 Å². The molecule has 0 aliphatic rings. The largest absolute Gasteiger partial charge is 0.289 e. The van der Waals surface area contributed by atoms with Crippen molar-refractivity contribution in [1.82, 2.24) is 4.72 Å². The maximum atomic E-state index is 12.2. The summed E-state index contributed by atoms with van der Waals surface area (Å²) in [6.45, 7) is 3.94. The third-order valence-corrected chi connectivity index (χ3v) is 4.96. The monoisotopic (exact) mass is 334 g/mol. The number of hydrogen-bond donors (Lipinski definition) is 1. The van der Waals surface area contributed by atoms with Crippen LogP contribution in [0.5, 0.6) is 0 Å². The predicted molar refractivity (Wildman–Crippen MR) is 82.2 cm³/mol. The molecule has 0 saturated carbocycles. The van der Waals surface area contributed by atoms with Crippen molar-refractivity contribution < 1.29 is 13.3 Å². The molecule has 1 N–H and O–H groups in total. The first-order chi connectivity index (χ1) is 9.79. The number of benzene rings is 1. The first-order valence-corrected chi connectivity index (χ1v) is 8.60. The lowest BCUT2D eigenvalue weighted by molar-refractivity contribution is -0.384. The molecule has 0 aromatic heterocycles. The zero-order valence-corrected chi connectivity index (χ0v) is 13.6. The van der Waals surface area contributed by atoms with Crippen molar-refractivity contribution in [2.45, 2.75) is 44.4 Å². The number of nitrogens with zero attached hydrogens (tertiary/aromatic N) is 1. The molecule has 0 unspecified atom stereocenters. The Morgan fingerprint density at radius 3 is 2.52 bits per heavy atom. The average Bonchev–Trinajstić information content (AvgIpc) is 2.37. The van der Waals surface area contributed by atoms with Crippen molar-refractivity contribution in [3.63, 3.8) is 0 Å². The van der Waals surface area contributed by atoms with Gasteiger partial charge in [-0.3, -0.25) is 10.1 Å². The van der Waals surface area contributed by atoms with Crippen LogP contribution >= 0.6 is 11.6 Å². The van der Waals surface area contributed by atoms with E-state index >= 15 is 0 Å². The van der Waals surface area contributed by atoms with Gasteiger partial charge < -0.3 is 0 Å². The van der Waals surface area contributed by atoms with Gasteiger partial charge in [-0.15, -0.1) is 0 Å². The highest BCUT2D eigenvalue weighted by atomic mass is 35.5. The van der Waals surface area contributed by atoms with E-state index < -0.39 is 20.6 Å². The summed E-state index contributed by atoms with van der Waals surface area (Å²) >= 11 is 5.75. The second-order valence-corrected chi connectivity index (χ2v) is 6.93. The number of hydrogen-bond acceptors (Lipinski definition) is 4. The average molecular weight is 335 g/mol. The lowest BCUT2D eigenvalue weighted by Crippen LogP contribution is -2.25. The number of sulfonamides is 1. The molecule has 0 aliphatic carbocycles. The van der Waals surface area contributed by atoms with Gasteiger partial charge in [0.15, 0.2) is 0 Å². The van der Waals surface area contributed by atoms with Gasteiger partial charge in [-0.05, 0) is 25.0 Å². The van der Waals surface area contributed by atoms with Crippen molar-refractivity contribution in [3.05, 3.63) is 32.8 Å². The van der Waals surface area contributed by atoms with Crippen LogP contribution in [-0.4, -0.2) is 19.9 Å². The molecule has 0 aliphatic heterocycles. The molecule has 1 aromatic carbocycles. The second kappa shape index (κ2) is 7.72. The summed E-state index contributed by atoms with van der Waals surface area (Å²) in [5, 5.41) is 10.8. The van der Waals surface area contributed by atoms with Gasteiger partial charge in [0.25, 0.3) is 5.69 Å². The number of aryl methyl sites for hydroxylation is 1. The van der Waals surface area contributed by atoms with Crippen LogP contribution in [0, 0.1) is 17.0 Å². The Bertz CT molecular complexity index is 617. The maximum Gasteiger partial charge on any atom is 0.289 e. The summed E-state index contributed by atoms with van der Waals surface area (Å²) in [6, 6.07) is 2.30. The molecule has 0 saturated heterocycles. The summed E-state index contributed by atoms with van der Waals surface area (Å²) in [7, 11) is -3.76. The summed E-state index contributed by atoms with van der Waals surface area (Å²) in [6.07, 6.45) is 3.79. The SMILES string of the molecule is CCCCCCNS(=O)(=O)c1cc([N+](=O)[O-])c(Cl)cc1C. The molecule has 0 radical (unpaired) electrons. The first-order valence-electron chi connectivity index (χ1n) is 6.73. The number of nitro benzene ring substituents is 1. The van der Waals surface area contributed by atoms with E-state index in [1.165, 1.54) is 6.07 Å². The summed E-state index contributed by atoms with van der Waals surface area (Å²) < 4.78 is 26.9. The van der Waals surface area contributed by atoms with Gasteiger partial charge >= 0.3 is 0 Å². The third-order valence-electron chi connectivity index (χ3n) is 3.05. The normalized spacial score (nSPS) is 11.6. The fraction of sp³-hybridized carbons (Fsp3) is 0.538. The van der Waals surface area contributed by atoms with Crippen LogP contribution in [-0.2, 0) is 10.0 Å². The van der Waals surface area contributed by atoms with E-state index in [-0.39, 0.29) is 9.92 Å². The van der Waals surface area contributed by atoms with Crippen LogP contribution in [0.1, 0.15) is 38.2 Å². The van der Waals surface area contributed by atoms with E-state index in [0.717, 1.165) is 31.7 Å². The molecular formula is C13H19ClN2O4S. The van der Waals surface area contributed by atoms with Crippen LogP contribution in [0.2, 0.25) is 5.02 Å². The minimum Gasteiger partial charge on any atom is -0.258 e. The number of nitro groups is 1. The molecule has 0 bridgehead atoms. The molecule has 0 amide bonds. The molecule has 8 heteroatoms. The molecule has 1 rings (SSSR count). The Kier molecular flexibility index (Phi) is 6.57. The highest BCUT2D eigenvalue weighted by Crippen LogP contribution is 2.29. The van der Waals surface area contributed by atoms with Crippen LogP contribution in [0.4, 0.5) is 5.69 Å². The van der Waals surface area contributed by atoms with Crippen molar-refractivity contribution in [2.75, 3.05) is 6.54 Å². The zero-order chi connectivity index (χ0) is 16.0. The predicted octanol–water partition coefficient (Wildman–Crippen LogP) is 3.42. The zero-order valence-electron chi connectivity index (χ0n) is 12.1. The van der Waals surface area contributed by atoms with Gasteiger partial charge in [0.1, 0.15) is 5.02 Å². The molecular weight excluding hydrogens is 316 g/mol. The summed E-state index contributed by atoms with van der Waals surface area (Å²) in [4.78, 5) is 10.1. The highest BCUT2D eigenvalue weighted by Gasteiger charge is 2.23. The van der Waals surface area contributed by atoms with E-state index in [0.29, 0.717) is 12.1 Å². The first kappa shape index (κ1) is 17.9. The Labute approximate surface area is 129 Å². The van der Waals surface area contributed by atoms with Crippen LogP contribution in [0.15, 0.2) is 17.0 Å². The highest BCUT2D eigenvalue weighted by molar-refractivity contribution is 7.89. The lowest BCUT2D eigenvalue weighted by atomic mass is 10.2. The van der Waals surface area contributed by atoms with Gasteiger partial charge in [-0.2, -0.15) is 0 Å². The fourth-order valence-corrected chi connectivity index (χ4v) is 3.51. The molecule has 0 fully saturated rings. The van der Waals surface area contributed by atoms with Gasteiger partial charge in [0, 0.05) is 12.6 Å². The number of halogens is 1. The topological polar surface area (TPSA) is 89.3 Å².